The van der Waals surface area contributed by atoms with Crippen molar-refractivity contribution >= 4 is 23.5 Å². The summed E-state index contributed by atoms with van der Waals surface area (Å²) in [6.45, 7) is 0. The van der Waals surface area contributed by atoms with E-state index >= 15 is 0 Å². The minimum atomic E-state index is -0.825. The maximum absolute atomic E-state index is 10.9. The van der Waals surface area contributed by atoms with Gasteiger partial charge in [0.15, 0.2) is 0 Å². The Kier molecular flexibility index (Phi) is 5.08. The number of hydrogen-bond acceptors (Lipinski definition) is 8. The van der Waals surface area contributed by atoms with Crippen molar-refractivity contribution in [2.45, 2.75) is 0 Å². The number of rotatable bonds is 5. The second-order valence-electron chi connectivity index (χ2n) is 3.46. The van der Waals surface area contributed by atoms with Crippen LogP contribution in [0.3, 0.4) is 0 Å². The van der Waals surface area contributed by atoms with E-state index in [4.69, 9.17) is 15.4 Å². The molecule has 0 bridgehead atoms. The van der Waals surface area contributed by atoms with E-state index in [9.17, 15) is 20.2 Å². The lowest BCUT2D eigenvalue weighted by molar-refractivity contribution is -0.394. The zero-order valence-corrected chi connectivity index (χ0v) is 10.6. The SMILES string of the molecule is COc1c(C=NNC(=N)NO)cc([N+](=O)[O-])cc1[N+](=O)[O-]. The first-order valence-electron chi connectivity index (χ1n) is 5.19. The number of methoxy groups -OCH3 is 1. The van der Waals surface area contributed by atoms with Gasteiger partial charge in [-0.2, -0.15) is 5.10 Å². The van der Waals surface area contributed by atoms with E-state index < -0.39 is 27.2 Å². The molecule has 0 aliphatic rings. The fraction of sp³-hybridized carbons (Fsp3) is 0.111. The van der Waals surface area contributed by atoms with Gasteiger partial charge in [0.05, 0.1) is 34.8 Å². The predicted octanol–water partition coefficient (Wildman–Crippen LogP) is 0.349. The van der Waals surface area contributed by atoms with Crippen molar-refractivity contribution in [3.8, 4) is 5.75 Å². The molecule has 0 radical (unpaired) electrons. The van der Waals surface area contributed by atoms with Crippen LogP contribution >= 0.6 is 0 Å². The number of nitrogens with one attached hydrogen (secondary N) is 3. The Hall–Kier alpha value is -3.28. The predicted molar refractivity (Wildman–Crippen MR) is 69.7 cm³/mol. The molecule has 0 spiro atoms. The van der Waals surface area contributed by atoms with Gasteiger partial charge in [-0.15, -0.1) is 0 Å². The summed E-state index contributed by atoms with van der Waals surface area (Å²) in [7, 11) is 1.16. The van der Waals surface area contributed by atoms with Crippen LogP contribution in [0.15, 0.2) is 17.2 Å². The van der Waals surface area contributed by atoms with Gasteiger partial charge >= 0.3 is 5.69 Å². The molecule has 0 heterocycles. The summed E-state index contributed by atoms with van der Waals surface area (Å²) < 4.78 is 4.85. The number of non-ortho nitro benzene ring substituents is 1. The molecule has 21 heavy (non-hydrogen) atoms. The number of hydroxylamine groups is 1. The Labute approximate surface area is 116 Å². The van der Waals surface area contributed by atoms with E-state index in [1.807, 2.05) is 5.43 Å². The van der Waals surface area contributed by atoms with Crippen LogP contribution in [0, 0.1) is 25.6 Å². The van der Waals surface area contributed by atoms with Crippen LogP contribution in [0.2, 0.25) is 0 Å². The number of nitro groups is 2. The Morgan fingerprint density at radius 3 is 2.57 bits per heavy atom. The van der Waals surface area contributed by atoms with Gasteiger partial charge < -0.3 is 4.74 Å². The van der Waals surface area contributed by atoms with Crippen molar-refractivity contribution in [1.29, 1.82) is 5.41 Å². The first-order valence-corrected chi connectivity index (χ1v) is 5.19. The Balaban J connectivity index is 3.30. The van der Waals surface area contributed by atoms with Crippen LogP contribution in [0.25, 0.3) is 0 Å². The molecule has 1 rings (SSSR count). The fourth-order valence-corrected chi connectivity index (χ4v) is 1.37. The van der Waals surface area contributed by atoms with Crippen LogP contribution in [0.5, 0.6) is 5.75 Å². The molecule has 0 saturated heterocycles. The van der Waals surface area contributed by atoms with Crippen molar-refractivity contribution in [2.75, 3.05) is 7.11 Å². The van der Waals surface area contributed by atoms with Crippen molar-refractivity contribution in [3.63, 3.8) is 0 Å². The summed E-state index contributed by atoms with van der Waals surface area (Å²) in [5.74, 6) is -0.787. The number of nitrogens with zero attached hydrogens (tertiary/aromatic N) is 3. The van der Waals surface area contributed by atoms with Crippen LogP contribution < -0.4 is 15.6 Å². The van der Waals surface area contributed by atoms with E-state index in [2.05, 4.69) is 5.10 Å². The number of benzene rings is 1. The second-order valence-corrected chi connectivity index (χ2v) is 3.46. The number of guanidine groups is 1. The third kappa shape index (κ3) is 3.84. The van der Waals surface area contributed by atoms with E-state index in [1.54, 1.807) is 0 Å². The Bertz CT molecular complexity index is 615. The lowest BCUT2D eigenvalue weighted by atomic mass is 10.1. The van der Waals surface area contributed by atoms with Gasteiger partial charge in [0.2, 0.25) is 11.7 Å². The van der Waals surface area contributed by atoms with Crippen molar-refractivity contribution in [1.82, 2.24) is 10.9 Å². The van der Waals surface area contributed by atoms with E-state index in [0.29, 0.717) is 0 Å². The summed E-state index contributed by atoms with van der Waals surface area (Å²) in [6.07, 6.45) is 0.977. The molecule has 0 aromatic heterocycles. The summed E-state index contributed by atoms with van der Waals surface area (Å²) >= 11 is 0. The summed E-state index contributed by atoms with van der Waals surface area (Å²) in [5.41, 5.74) is 2.32. The molecule has 0 aliphatic heterocycles. The average molecular weight is 298 g/mol. The minimum absolute atomic E-state index is 0.0448. The highest BCUT2D eigenvalue weighted by Crippen LogP contribution is 2.34. The van der Waals surface area contributed by atoms with Gasteiger partial charge in [-0.25, -0.2) is 10.9 Å². The summed E-state index contributed by atoms with van der Waals surface area (Å²) in [6, 6.07) is 1.79. The zero-order chi connectivity index (χ0) is 16.0. The molecular formula is C9H10N6O6. The standard InChI is InChI=1S/C9H10N6O6/c1-21-8-5(4-11-12-9(10)13-16)2-6(14(17)18)3-7(8)15(19)20/h2-4,16H,1H3,(H3,10,12,13). The lowest BCUT2D eigenvalue weighted by Crippen LogP contribution is -2.30. The molecular weight excluding hydrogens is 288 g/mol. The maximum Gasteiger partial charge on any atom is 0.318 e. The third-order valence-corrected chi connectivity index (χ3v) is 2.19. The lowest BCUT2D eigenvalue weighted by Gasteiger charge is -2.05. The highest BCUT2D eigenvalue weighted by Gasteiger charge is 2.24. The van der Waals surface area contributed by atoms with Crippen molar-refractivity contribution < 1.29 is 19.8 Å². The normalized spacial score (nSPS) is 10.2. The molecule has 0 atom stereocenters. The number of ether oxygens (including phenoxy) is 1. The van der Waals surface area contributed by atoms with Gasteiger partial charge in [0.1, 0.15) is 0 Å². The van der Waals surface area contributed by atoms with Crippen LogP contribution in [0.1, 0.15) is 5.56 Å². The van der Waals surface area contributed by atoms with E-state index in [-0.39, 0.29) is 11.3 Å². The Morgan fingerprint density at radius 2 is 2.10 bits per heavy atom. The molecule has 0 fully saturated rings. The molecule has 12 heteroatoms. The van der Waals surface area contributed by atoms with Gasteiger partial charge in [-0.1, -0.05) is 0 Å². The quantitative estimate of drug-likeness (QED) is 0.260. The van der Waals surface area contributed by atoms with E-state index in [1.165, 1.54) is 5.48 Å². The number of nitro benzene ring substituents is 2. The topological polar surface area (TPSA) is 176 Å². The fourth-order valence-electron chi connectivity index (χ4n) is 1.37. The summed E-state index contributed by atoms with van der Waals surface area (Å²) in [5, 5.41) is 40.5. The molecule has 12 nitrogen and oxygen atoms in total. The van der Waals surface area contributed by atoms with Crippen molar-refractivity contribution in [2.24, 2.45) is 5.10 Å². The molecule has 1 aromatic rings. The molecule has 0 amide bonds. The molecule has 112 valence electrons. The summed E-state index contributed by atoms with van der Waals surface area (Å²) in [4.78, 5) is 20.0. The van der Waals surface area contributed by atoms with Gasteiger partial charge in [-0.05, 0) is 0 Å². The average Bonchev–Trinajstić information content (AvgIpc) is 2.45. The molecule has 1 aromatic carbocycles. The first-order chi connectivity index (χ1) is 9.90. The Morgan fingerprint density at radius 1 is 1.43 bits per heavy atom. The minimum Gasteiger partial charge on any atom is -0.490 e. The van der Waals surface area contributed by atoms with Crippen molar-refractivity contribution in [3.05, 3.63) is 37.9 Å². The molecule has 0 saturated carbocycles. The first kappa shape index (κ1) is 15.8. The van der Waals surface area contributed by atoms with Crippen LogP contribution in [-0.2, 0) is 0 Å². The zero-order valence-electron chi connectivity index (χ0n) is 10.6. The third-order valence-electron chi connectivity index (χ3n) is 2.19. The number of hydrazone groups is 1. The number of hydrogen-bond donors (Lipinski definition) is 4. The molecule has 0 aliphatic carbocycles. The van der Waals surface area contributed by atoms with Gasteiger partial charge in [-0.3, -0.25) is 30.8 Å². The maximum atomic E-state index is 10.9. The van der Waals surface area contributed by atoms with Gasteiger partial charge in [0.25, 0.3) is 5.69 Å². The van der Waals surface area contributed by atoms with Gasteiger partial charge in [0, 0.05) is 6.07 Å². The van der Waals surface area contributed by atoms with Crippen LogP contribution in [0.4, 0.5) is 11.4 Å². The highest BCUT2D eigenvalue weighted by atomic mass is 16.6. The second kappa shape index (κ2) is 6.76. The van der Waals surface area contributed by atoms with E-state index in [0.717, 1.165) is 25.5 Å². The van der Waals surface area contributed by atoms with Crippen LogP contribution in [-0.4, -0.2) is 34.3 Å². The largest absolute Gasteiger partial charge is 0.490 e. The monoisotopic (exact) mass is 298 g/mol. The smallest absolute Gasteiger partial charge is 0.318 e. The highest BCUT2D eigenvalue weighted by molar-refractivity contribution is 5.88. The molecule has 4 N–H and O–H groups in total. The molecule has 0 unspecified atom stereocenters.